The Kier molecular flexibility index (Phi) is 5.52. The first-order valence-electron chi connectivity index (χ1n) is 8.46. The number of hydrogen-bond donors (Lipinski definition) is 1. The van der Waals surface area contributed by atoms with Crippen molar-refractivity contribution in [3.8, 4) is 5.75 Å². The van der Waals surface area contributed by atoms with Gasteiger partial charge in [0.2, 0.25) is 5.91 Å². The summed E-state index contributed by atoms with van der Waals surface area (Å²) in [4.78, 5) is 26.7. The Morgan fingerprint density at radius 3 is 2.25 bits per heavy atom. The van der Waals surface area contributed by atoms with Crippen LogP contribution in [0.2, 0.25) is 0 Å². The van der Waals surface area contributed by atoms with Crippen molar-refractivity contribution in [2.24, 2.45) is 17.8 Å². The van der Waals surface area contributed by atoms with Crippen LogP contribution in [0, 0.1) is 17.8 Å². The number of esters is 1. The summed E-state index contributed by atoms with van der Waals surface area (Å²) in [5, 5.41) is 9.52. The molecule has 1 N–H and O–H groups in total. The maximum Gasteiger partial charge on any atom is 0.328 e. The molecule has 1 aromatic carbocycles. The molecular formula is C19H27NO4. The molecule has 1 fully saturated rings. The minimum atomic E-state index is -0.573. The summed E-state index contributed by atoms with van der Waals surface area (Å²) in [5.41, 5.74) is 0.934. The largest absolute Gasteiger partial charge is 0.508 e. The number of hydrogen-bond acceptors (Lipinski definition) is 4. The van der Waals surface area contributed by atoms with E-state index in [1.807, 2.05) is 39.8 Å². The van der Waals surface area contributed by atoms with Crippen molar-refractivity contribution < 1.29 is 19.4 Å². The van der Waals surface area contributed by atoms with Crippen molar-refractivity contribution in [3.63, 3.8) is 0 Å². The first-order valence-corrected chi connectivity index (χ1v) is 8.46. The summed E-state index contributed by atoms with van der Waals surface area (Å²) >= 11 is 0. The van der Waals surface area contributed by atoms with Gasteiger partial charge in [-0.25, -0.2) is 4.79 Å². The number of ether oxygens (including phenoxy) is 1. The molecule has 0 aliphatic carbocycles. The van der Waals surface area contributed by atoms with Crippen LogP contribution in [-0.2, 0) is 14.3 Å². The number of β-lactam (4-membered cyclic amide) rings is 1. The summed E-state index contributed by atoms with van der Waals surface area (Å²) < 4.78 is 4.94. The summed E-state index contributed by atoms with van der Waals surface area (Å²) in [6.07, 6.45) is 0.567. The van der Waals surface area contributed by atoms with Gasteiger partial charge in [0.25, 0.3) is 0 Å². The van der Waals surface area contributed by atoms with Gasteiger partial charge in [0.05, 0.1) is 19.1 Å². The summed E-state index contributed by atoms with van der Waals surface area (Å²) in [5.74, 6) is 0.0881. The number of phenolic OH excluding ortho intramolecular Hbond substituents is 1. The fourth-order valence-corrected chi connectivity index (χ4v) is 3.48. The monoisotopic (exact) mass is 333 g/mol. The molecule has 1 aromatic rings. The fourth-order valence-electron chi connectivity index (χ4n) is 3.48. The Balaban J connectivity index is 2.39. The second-order valence-corrected chi connectivity index (χ2v) is 7.22. The highest BCUT2D eigenvalue weighted by Crippen LogP contribution is 2.46. The molecule has 2 rings (SSSR count). The van der Waals surface area contributed by atoms with E-state index in [1.54, 1.807) is 17.0 Å². The molecule has 132 valence electrons. The van der Waals surface area contributed by atoms with E-state index in [2.05, 4.69) is 0 Å². The molecule has 5 nitrogen and oxygen atoms in total. The van der Waals surface area contributed by atoms with Gasteiger partial charge in [-0.15, -0.1) is 0 Å². The van der Waals surface area contributed by atoms with Crippen molar-refractivity contribution in [2.45, 2.75) is 46.2 Å². The van der Waals surface area contributed by atoms with E-state index in [1.165, 1.54) is 7.11 Å². The fraction of sp³-hybridized carbons (Fsp3) is 0.579. The normalized spacial score (nSPS) is 21.8. The van der Waals surface area contributed by atoms with E-state index >= 15 is 0 Å². The van der Waals surface area contributed by atoms with Crippen LogP contribution in [0.15, 0.2) is 24.3 Å². The highest BCUT2D eigenvalue weighted by Gasteiger charge is 2.53. The lowest BCUT2D eigenvalue weighted by Crippen LogP contribution is -2.62. The lowest BCUT2D eigenvalue weighted by molar-refractivity contribution is -0.175. The average Bonchev–Trinajstić information content (AvgIpc) is 2.51. The maximum absolute atomic E-state index is 12.8. The van der Waals surface area contributed by atoms with Crippen LogP contribution in [0.25, 0.3) is 0 Å². The zero-order valence-electron chi connectivity index (χ0n) is 15.0. The maximum atomic E-state index is 12.8. The van der Waals surface area contributed by atoms with Gasteiger partial charge < -0.3 is 14.7 Å². The van der Waals surface area contributed by atoms with E-state index in [0.717, 1.165) is 5.56 Å². The van der Waals surface area contributed by atoms with Crippen LogP contribution in [0.4, 0.5) is 0 Å². The minimum absolute atomic E-state index is 0.000810. The zero-order valence-corrected chi connectivity index (χ0v) is 15.0. The minimum Gasteiger partial charge on any atom is -0.508 e. The molecule has 1 aliphatic rings. The highest BCUT2D eigenvalue weighted by molar-refractivity contribution is 5.91. The third kappa shape index (κ3) is 3.40. The molecule has 3 atom stereocenters. The lowest BCUT2D eigenvalue weighted by atomic mass is 9.74. The van der Waals surface area contributed by atoms with E-state index in [4.69, 9.17) is 4.74 Å². The first-order chi connectivity index (χ1) is 11.3. The number of amides is 1. The molecule has 0 spiro atoms. The second-order valence-electron chi connectivity index (χ2n) is 7.22. The van der Waals surface area contributed by atoms with Gasteiger partial charge in [-0.05, 0) is 36.0 Å². The van der Waals surface area contributed by atoms with Gasteiger partial charge in [0.1, 0.15) is 11.8 Å². The summed E-state index contributed by atoms with van der Waals surface area (Å²) in [6.45, 7) is 8.08. The van der Waals surface area contributed by atoms with Gasteiger partial charge in [0.15, 0.2) is 0 Å². The molecule has 0 unspecified atom stereocenters. The van der Waals surface area contributed by atoms with Gasteiger partial charge in [-0.3, -0.25) is 4.79 Å². The lowest BCUT2D eigenvalue weighted by Gasteiger charge is -2.52. The molecular weight excluding hydrogens is 306 g/mol. The molecule has 1 saturated heterocycles. The summed E-state index contributed by atoms with van der Waals surface area (Å²) in [6, 6.07) is 6.13. The number of carbonyl (C=O) groups is 2. The van der Waals surface area contributed by atoms with Crippen molar-refractivity contribution in [1.29, 1.82) is 0 Å². The number of nitrogens with zero attached hydrogens (tertiary/aromatic N) is 1. The van der Waals surface area contributed by atoms with Gasteiger partial charge >= 0.3 is 5.97 Å². The second kappa shape index (κ2) is 7.24. The molecule has 0 radical (unpaired) electrons. The Hall–Kier alpha value is -2.04. The smallest absolute Gasteiger partial charge is 0.328 e. The highest BCUT2D eigenvalue weighted by atomic mass is 16.5. The van der Waals surface area contributed by atoms with Crippen LogP contribution in [0.5, 0.6) is 5.75 Å². The van der Waals surface area contributed by atoms with Gasteiger partial charge in [-0.2, -0.15) is 0 Å². The Morgan fingerprint density at radius 1 is 1.21 bits per heavy atom. The van der Waals surface area contributed by atoms with E-state index in [-0.39, 0.29) is 41.4 Å². The molecule has 24 heavy (non-hydrogen) atoms. The molecule has 5 heteroatoms. The summed E-state index contributed by atoms with van der Waals surface area (Å²) in [7, 11) is 1.36. The number of aromatic hydroxyl groups is 1. The van der Waals surface area contributed by atoms with Gasteiger partial charge in [-0.1, -0.05) is 39.8 Å². The Labute approximate surface area is 143 Å². The predicted molar refractivity (Wildman–Crippen MR) is 91.3 cm³/mol. The third-order valence-corrected chi connectivity index (χ3v) is 4.64. The molecule has 0 saturated carbocycles. The number of phenols is 1. The molecule has 0 bridgehead atoms. The zero-order chi connectivity index (χ0) is 18.0. The quantitative estimate of drug-likeness (QED) is 0.641. The molecule has 1 amide bonds. The van der Waals surface area contributed by atoms with Crippen molar-refractivity contribution in [2.75, 3.05) is 7.11 Å². The number of rotatable bonds is 6. The van der Waals surface area contributed by atoms with E-state index in [0.29, 0.717) is 6.42 Å². The molecule has 0 aromatic heterocycles. The number of benzene rings is 1. The van der Waals surface area contributed by atoms with E-state index < -0.39 is 6.04 Å². The average molecular weight is 333 g/mol. The standard InChI is InChI=1S/C19H27NO4/c1-11(2)10-15(19(23)24-5)20-17(16(12(3)4)18(20)22)13-6-8-14(21)9-7-13/h6-9,11-12,15-17,21H,10H2,1-5H3/t15-,16-,17-/m0/s1. The number of likely N-dealkylation sites (tertiary alicyclic amines) is 1. The third-order valence-electron chi connectivity index (χ3n) is 4.64. The predicted octanol–water partition coefficient (Wildman–Crippen LogP) is 3.14. The van der Waals surface area contributed by atoms with Crippen molar-refractivity contribution in [1.82, 2.24) is 4.90 Å². The topological polar surface area (TPSA) is 66.8 Å². The molecule has 1 aliphatic heterocycles. The Morgan fingerprint density at radius 2 is 1.79 bits per heavy atom. The van der Waals surface area contributed by atoms with Crippen LogP contribution in [0.3, 0.4) is 0 Å². The van der Waals surface area contributed by atoms with E-state index in [9.17, 15) is 14.7 Å². The first kappa shape index (κ1) is 18.3. The molecule has 1 heterocycles. The van der Waals surface area contributed by atoms with Crippen LogP contribution >= 0.6 is 0 Å². The SMILES string of the molecule is COC(=O)[C@H](CC(C)C)N1C(=O)[C@@H](C(C)C)[C@@H]1c1ccc(O)cc1. The van der Waals surface area contributed by atoms with Crippen molar-refractivity contribution in [3.05, 3.63) is 29.8 Å². The number of methoxy groups -OCH3 is 1. The Bertz CT molecular complexity index is 594. The van der Waals surface area contributed by atoms with Crippen molar-refractivity contribution >= 4 is 11.9 Å². The van der Waals surface area contributed by atoms with Crippen LogP contribution in [-0.4, -0.2) is 35.0 Å². The number of carbonyl (C=O) groups excluding carboxylic acids is 2. The van der Waals surface area contributed by atoms with Crippen LogP contribution in [0.1, 0.15) is 45.7 Å². The van der Waals surface area contributed by atoms with Gasteiger partial charge in [0, 0.05) is 0 Å². The van der Waals surface area contributed by atoms with Crippen LogP contribution < -0.4 is 0 Å².